The topological polar surface area (TPSA) is 49.8 Å². The first-order valence-electron chi connectivity index (χ1n) is 5.84. The molecule has 1 heterocycles. The minimum absolute atomic E-state index is 0.206. The molecule has 2 unspecified atom stereocenters. The Morgan fingerprint density at radius 3 is 2.89 bits per heavy atom. The Balaban J connectivity index is 2.06. The van der Waals surface area contributed by atoms with E-state index in [1.54, 1.807) is 25.2 Å². The summed E-state index contributed by atoms with van der Waals surface area (Å²) in [6, 6.07) is 6.31. The Kier molecular flexibility index (Phi) is 3.93. The van der Waals surface area contributed by atoms with Gasteiger partial charge in [-0.2, -0.15) is 0 Å². The molecule has 1 fully saturated rings. The van der Waals surface area contributed by atoms with Crippen LogP contribution in [0.25, 0.3) is 0 Å². The maximum absolute atomic E-state index is 13.5. The lowest BCUT2D eigenvalue weighted by Gasteiger charge is -2.26. The smallest absolute Gasteiger partial charge is 0.310 e. The van der Waals surface area contributed by atoms with E-state index in [-0.39, 0.29) is 18.5 Å². The lowest BCUT2D eigenvalue weighted by atomic mass is 10.0. The summed E-state index contributed by atoms with van der Waals surface area (Å²) in [4.78, 5) is 12.9. The van der Waals surface area contributed by atoms with Crippen molar-refractivity contribution in [1.29, 1.82) is 0 Å². The van der Waals surface area contributed by atoms with Gasteiger partial charge in [0.1, 0.15) is 5.82 Å². The molecule has 0 aliphatic carbocycles. The Morgan fingerprint density at radius 2 is 2.22 bits per heavy atom. The SMILES string of the molecule is CN(Cc1ccccc1F)C1COCC1C(=O)O. The standard InChI is InChI=1S/C13H16FNO3/c1-15(6-9-4-2-3-5-11(9)14)12-8-18-7-10(12)13(16)17/h2-5,10,12H,6-8H2,1H3,(H,16,17). The molecule has 1 saturated heterocycles. The molecule has 5 heteroatoms. The number of carboxylic acid groups (broad SMARTS) is 1. The van der Waals surface area contributed by atoms with Crippen molar-refractivity contribution in [3.8, 4) is 0 Å². The third-order valence-corrected chi connectivity index (χ3v) is 3.31. The van der Waals surface area contributed by atoms with Crippen molar-refractivity contribution < 1.29 is 19.0 Å². The van der Waals surface area contributed by atoms with Crippen LogP contribution in [0.15, 0.2) is 24.3 Å². The van der Waals surface area contributed by atoms with Gasteiger partial charge in [0, 0.05) is 18.2 Å². The van der Waals surface area contributed by atoms with Crippen molar-refractivity contribution >= 4 is 5.97 Å². The van der Waals surface area contributed by atoms with Gasteiger partial charge in [-0.1, -0.05) is 18.2 Å². The van der Waals surface area contributed by atoms with Crippen LogP contribution in [-0.4, -0.2) is 42.3 Å². The molecule has 4 nitrogen and oxygen atoms in total. The van der Waals surface area contributed by atoms with Gasteiger partial charge in [0.25, 0.3) is 0 Å². The van der Waals surface area contributed by atoms with Crippen LogP contribution in [0, 0.1) is 11.7 Å². The first-order chi connectivity index (χ1) is 8.59. The van der Waals surface area contributed by atoms with Gasteiger partial charge in [0.2, 0.25) is 0 Å². The normalized spacial score (nSPS) is 23.5. The maximum Gasteiger partial charge on any atom is 0.310 e. The summed E-state index contributed by atoms with van der Waals surface area (Å²) in [6.45, 7) is 0.980. The quantitative estimate of drug-likeness (QED) is 0.880. The molecule has 0 saturated carbocycles. The number of benzene rings is 1. The van der Waals surface area contributed by atoms with Crippen LogP contribution in [0.3, 0.4) is 0 Å². The minimum Gasteiger partial charge on any atom is -0.481 e. The van der Waals surface area contributed by atoms with Gasteiger partial charge < -0.3 is 9.84 Å². The fourth-order valence-corrected chi connectivity index (χ4v) is 2.23. The third-order valence-electron chi connectivity index (χ3n) is 3.31. The largest absolute Gasteiger partial charge is 0.481 e. The fraction of sp³-hybridized carbons (Fsp3) is 0.462. The number of nitrogens with zero attached hydrogens (tertiary/aromatic N) is 1. The molecule has 0 spiro atoms. The van der Waals surface area contributed by atoms with E-state index in [1.165, 1.54) is 6.07 Å². The zero-order valence-electron chi connectivity index (χ0n) is 10.2. The highest BCUT2D eigenvalue weighted by molar-refractivity contribution is 5.71. The Labute approximate surface area is 105 Å². The highest BCUT2D eigenvalue weighted by Crippen LogP contribution is 2.21. The Bertz CT molecular complexity index is 438. The molecular formula is C13H16FNO3. The number of likely N-dealkylation sites (N-methyl/N-ethyl adjacent to an activating group) is 1. The number of halogens is 1. The van der Waals surface area contributed by atoms with Crippen LogP contribution < -0.4 is 0 Å². The molecule has 0 aromatic heterocycles. The average molecular weight is 253 g/mol. The van der Waals surface area contributed by atoms with Crippen molar-refractivity contribution in [2.24, 2.45) is 5.92 Å². The van der Waals surface area contributed by atoms with Gasteiger partial charge >= 0.3 is 5.97 Å². The highest BCUT2D eigenvalue weighted by atomic mass is 19.1. The number of hydrogen-bond donors (Lipinski definition) is 1. The van der Waals surface area contributed by atoms with Gasteiger partial charge in [-0.25, -0.2) is 4.39 Å². The lowest BCUT2D eigenvalue weighted by Crippen LogP contribution is -2.40. The van der Waals surface area contributed by atoms with Crippen LogP contribution >= 0.6 is 0 Å². The molecule has 0 bridgehead atoms. The molecule has 1 aliphatic rings. The molecule has 1 aromatic carbocycles. The van der Waals surface area contributed by atoms with Crippen LogP contribution in [0.5, 0.6) is 0 Å². The third kappa shape index (κ3) is 2.68. The number of aliphatic carboxylic acids is 1. The zero-order valence-corrected chi connectivity index (χ0v) is 10.2. The van der Waals surface area contributed by atoms with Gasteiger partial charge in [0.05, 0.1) is 19.1 Å². The second-order valence-electron chi connectivity index (χ2n) is 4.56. The number of hydrogen-bond acceptors (Lipinski definition) is 3. The van der Waals surface area contributed by atoms with Crippen LogP contribution in [0.1, 0.15) is 5.56 Å². The molecule has 0 amide bonds. The predicted octanol–water partition coefficient (Wildman–Crippen LogP) is 1.36. The van der Waals surface area contributed by atoms with E-state index < -0.39 is 11.9 Å². The summed E-state index contributed by atoms with van der Waals surface area (Å²) in [5.41, 5.74) is 0.566. The molecule has 1 aliphatic heterocycles. The second kappa shape index (κ2) is 5.46. The summed E-state index contributed by atoms with van der Waals surface area (Å²) in [5, 5.41) is 9.07. The molecule has 98 valence electrons. The van der Waals surface area contributed by atoms with Gasteiger partial charge in [-0.15, -0.1) is 0 Å². The number of ether oxygens (including phenoxy) is 1. The van der Waals surface area contributed by atoms with Crippen LogP contribution in [0.4, 0.5) is 4.39 Å². The molecular weight excluding hydrogens is 237 g/mol. The molecule has 1 aromatic rings. The summed E-state index contributed by atoms with van der Waals surface area (Å²) >= 11 is 0. The lowest BCUT2D eigenvalue weighted by molar-refractivity contribution is -0.143. The van der Waals surface area contributed by atoms with Gasteiger partial charge in [-0.3, -0.25) is 9.69 Å². The Morgan fingerprint density at radius 1 is 1.50 bits per heavy atom. The predicted molar refractivity (Wildman–Crippen MR) is 63.6 cm³/mol. The number of carbonyl (C=O) groups is 1. The first-order valence-corrected chi connectivity index (χ1v) is 5.84. The van der Waals surface area contributed by atoms with E-state index in [4.69, 9.17) is 9.84 Å². The molecule has 0 radical (unpaired) electrons. The molecule has 2 atom stereocenters. The van der Waals surface area contributed by atoms with Crippen molar-refractivity contribution in [3.63, 3.8) is 0 Å². The highest BCUT2D eigenvalue weighted by Gasteiger charge is 2.36. The summed E-state index contributed by atoms with van der Waals surface area (Å²) in [5.74, 6) is -1.67. The van der Waals surface area contributed by atoms with Crippen LogP contribution in [0.2, 0.25) is 0 Å². The van der Waals surface area contributed by atoms with E-state index >= 15 is 0 Å². The second-order valence-corrected chi connectivity index (χ2v) is 4.56. The van der Waals surface area contributed by atoms with Crippen molar-refractivity contribution in [1.82, 2.24) is 4.90 Å². The zero-order chi connectivity index (χ0) is 13.1. The van der Waals surface area contributed by atoms with E-state index in [0.717, 1.165) is 0 Å². The number of rotatable bonds is 4. The minimum atomic E-state index is -0.863. The van der Waals surface area contributed by atoms with Crippen molar-refractivity contribution in [2.75, 3.05) is 20.3 Å². The monoisotopic (exact) mass is 253 g/mol. The fourth-order valence-electron chi connectivity index (χ4n) is 2.23. The first kappa shape index (κ1) is 13.0. The molecule has 2 rings (SSSR count). The van der Waals surface area contributed by atoms with Gasteiger partial charge in [0.15, 0.2) is 0 Å². The maximum atomic E-state index is 13.5. The van der Waals surface area contributed by atoms with Crippen molar-refractivity contribution in [3.05, 3.63) is 35.6 Å². The van der Waals surface area contributed by atoms with E-state index in [2.05, 4.69) is 0 Å². The van der Waals surface area contributed by atoms with E-state index in [0.29, 0.717) is 18.7 Å². The Hall–Kier alpha value is -1.46. The summed E-state index contributed by atoms with van der Waals surface area (Å²) in [7, 11) is 1.79. The molecule has 1 N–H and O–H groups in total. The van der Waals surface area contributed by atoms with E-state index in [9.17, 15) is 9.18 Å². The van der Waals surface area contributed by atoms with E-state index in [1.807, 2.05) is 4.90 Å². The summed E-state index contributed by atoms with van der Waals surface area (Å²) < 4.78 is 18.7. The number of carboxylic acids is 1. The van der Waals surface area contributed by atoms with Crippen LogP contribution in [-0.2, 0) is 16.1 Å². The van der Waals surface area contributed by atoms with Gasteiger partial charge in [-0.05, 0) is 13.1 Å². The average Bonchev–Trinajstić information content (AvgIpc) is 2.81. The molecule has 18 heavy (non-hydrogen) atoms. The van der Waals surface area contributed by atoms with Crippen molar-refractivity contribution in [2.45, 2.75) is 12.6 Å². The summed E-state index contributed by atoms with van der Waals surface area (Å²) in [6.07, 6.45) is 0.